The Morgan fingerprint density at radius 2 is 1.72 bits per heavy atom. The van der Waals surface area contributed by atoms with E-state index >= 15 is 0 Å². The van der Waals surface area contributed by atoms with Crippen LogP contribution in [0.5, 0.6) is 11.5 Å². The van der Waals surface area contributed by atoms with Gasteiger partial charge in [-0.15, -0.1) is 10.2 Å². The monoisotopic (exact) mass is 417 g/mol. The Balaban J connectivity index is 1.55. The highest BCUT2D eigenvalue weighted by Gasteiger charge is 2.21. The van der Waals surface area contributed by atoms with Crippen LogP contribution >= 0.6 is 11.8 Å². The summed E-state index contributed by atoms with van der Waals surface area (Å²) in [6.07, 6.45) is -0.522. The van der Waals surface area contributed by atoms with Crippen molar-refractivity contribution >= 4 is 23.4 Å². The number of ether oxygens (including phenoxy) is 2. The van der Waals surface area contributed by atoms with Crippen molar-refractivity contribution in [2.45, 2.75) is 30.4 Å². The quantitative estimate of drug-likeness (QED) is 0.541. The zero-order chi connectivity index (χ0) is 20.8. The third-order valence-electron chi connectivity index (χ3n) is 3.90. The van der Waals surface area contributed by atoms with Crippen LogP contribution in [0.15, 0.2) is 58.2 Å². The van der Waals surface area contributed by atoms with E-state index in [4.69, 9.17) is 13.9 Å². The standard InChI is InChI=1S/C20H20FN3O4S/c1-12(27-17-8-4-14(21)5-9-17)19-23-24-20(28-19)29-13(2)18(25)22-15-6-10-16(26-3)11-7-15/h4-13H,1-3H3,(H,22,25)/t12-,13+/m0/s1. The lowest BCUT2D eigenvalue weighted by molar-refractivity contribution is -0.115. The normalized spacial score (nSPS) is 12.8. The van der Waals surface area contributed by atoms with Crippen molar-refractivity contribution < 1.29 is 23.1 Å². The van der Waals surface area contributed by atoms with E-state index < -0.39 is 11.4 Å². The molecule has 1 N–H and O–H groups in total. The fourth-order valence-electron chi connectivity index (χ4n) is 2.32. The molecule has 2 atom stereocenters. The Hall–Kier alpha value is -3.07. The number of hydrogen-bond donors (Lipinski definition) is 1. The second kappa shape index (κ2) is 9.42. The number of benzene rings is 2. The molecule has 3 aromatic rings. The Labute approximate surface area is 171 Å². The molecule has 29 heavy (non-hydrogen) atoms. The number of thioether (sulfide) groups is 1. The Bertz CT molecular complexity index is 947. The summed E-state index contributed by atoms with van der Waals surface area (Å²) in [6.45, 7) is 3.48. The summed E-state index contributed by atoms with van der Waals surface area (Å²) in [5, 5.41) is 10.5. The van der Waals surface area contributed by atoms with Gasteiger partial charge in [-0.25, -0.2) is 4.39 Å². The average molecular weight is 417 g/mol. The summed E-state index contributed by atoms with van der Waals surface area (Å²) < 4.78 is 29.3. The fraction of sp³-hybridized carbons (Fsp3) is 0.250. The topological polar surface area (TPSA) is 86.5 Å². The van der Waals surface area contributed by atoms with Gasteiger partial charge in [0.25, 0.3) is 11.1 Å². The van der Waals surface area contributed by atoms with Gasteiger partial charge in [-0.05, 0) is 62.4 Å². The number of anilines is 1. The molecule has 0 radical (unpaired) electrons. The van der Waals surface area contributed by atoms with Gasteiger partial charge in [-0.1, -0.05) is 11.8 Å². The van der Waals surface area contributed by atoms with Gasteiger partial charge in [0, 0.05) is 5.69 Å². The second-order valence-electron chi connectivity index (χ2n) is 6.10. The molecule has 0 aliphatic carbocycles. The van der Waals surface area contributed by atoms with Crippen LogP contribution in [0.25, 0.3) is 0 Å². The van der Waals surface area contributed by atoms with Crippen LogP contribution in [0.1, 0.15) is 25.8 Å². The predicted octanol–water partition coefficient (Wildman–Crippen LogP) is 4.48. The molecule has 2 aromatic carbocycles. The summed E-state index contributed by atoms with van der Waals surface area (Å²) in [5.41, 5.74) is 0.663. The molecule has 0 bridgehead atoms. The molecule has 0 unspecified atom stereocenters. The summed E-state index contributed by atoms with van der Waals surface area (Å²) in [6, 6.07) is 12.7. The second-order valence-corrected chi connectivity index (χ2v) is 7.39. The zero-order valence-electron chi connectivity index (χ0n) is 16.1. The first-order valence-corrected chi connectivity index (χ1v) is 9.70. The Morgan fingerprint density at radius 1 is 1.07 bits per heavy atom. The summed E-state index contributed by atoms with van der Waals surface area (Å²) in [7, 11) is 1.58. The third kappa shape index (κ3) is 5.71. The van der Waals surface area contributed by atoms with Crippen LogP contribution in [-0.4, -0.2) is 28.5 Å². The summed E-state index contributed by atoms with van der Waals surface area (Å²) in [5.74, 6) is 0.915. The SMILES string of the molecule is COc1ccc(NC(=O)[C@@H](C)Sc2nnc([C@H](C)Oc3ccc(F)cc3)o2)cc1. The van der Waals surface area contributed by atoms with Crippen molar-refractivity contribution in [1.29, 1.82) is 0 Å². The molecular formula is C20H20FN3O4S. The summed E-state index contributed by atoms with van der Waals surface area (Å²) >= 11 is 1.14. The molecule has 0 spiro atoms. The third-order valence-corrected chi connectivity index (χ3v) is 4.83. The molecule has 0 aliphatic rings. The lowest BCUT2D eigenvalue weighted by atomic mass is 10.3. The van der Waals surface area contributed by atoms with E-state index in [9.17, 15) is 9.18 Å². The van der Waals surface area contributed by atoms with Gasteiger partial charge < -0.3 is 19.2 Å². The molecule has 152 valence electrons. The molecule has 0 fully saturated rings. The van der Waals surface area contributed by atoms with Crippen molar-refractivity contribution in [3.63, 3.8) is 0 Å². The van der Waals surface area contributed by atoms with E-state index in [1.54, 1.807) is 45.2 Å². The van der Waals surface area contributed by atoms with Crippen LogP contribution in [0, 0.1) is 5.82 Å². The van der Waals surface area contributed by atoms with Crippen molar-refractivity contribution in [2.75, 3.05) is 12.4 Å². The number of nitrogens with zero attached hydrogens (tertiary/aromatic N) is 2. The van der Waals surface area contributed by atoms with Gasteiger partial charge in [-0.2, -0.15) is 0 Å². The minimum atomic E-state index is -0.522. The number of halogens is 1. The number of nitrogens with one attached hydrogen (secondary N) is 1. The number of carbonyl (C=O) groups excluding carboxylic acids is 1. The van der Waals surface area contributed by atoms with Crippen LogP contribution in [0.4, 0.5) is 10.1 Å². The largest absolute Gasteiger partial charge is 0.497 e. The predicted molar refractivity (Wildman–Crippen MR) is 107 cm³/mol. The highest BCUT2D eigenvalue weighted by molar-refractivity contribution is 8.00. The van der Waals surface area contributed by atoms with Gasteiger partial charge in [0.2, 0.25) is 5.91 Å². The maximum atomic E-state index is 13.0. The smallest absolute Gasteiger partial charge is 0.277 e. The van der Waals surface area contributed by atoms with Crippen molar-refractivity contribution in [2.24, 2.45) is 0 Å². The maximum absolute atomic E-state index is 13.0. The first-order chi connectivity index (χ1) is 13.9. The van der Waals surface area contributed by atoms with E-state index in [0.29, 0.717) is 17.2 Å². The lowest BCUT2D eigenvalue weighted by Gasteiger charge is -2.11. The highest BCUT2D eigenvalue weighted by Crippen LogP contribution is 2.27. The molecule has 1 heterocycles. The number of carbonyl (C=O) groups is 1. The molecule has 3 rings (SSSR count). The van der Waals surface area contributed by atoms with E-state index in [2.05, 4.69) is 15.5 Å². The Kier molecular flexibility index (Phi) is 6.71. The molecule has 0 saturated carbocycles. The first-order valence-electron chi connectivity index (χ1n) is 8.82. The van der Waals surface area contributed by atoms with E-state index in [1.807, 2.05) is 0 Å². The van der Waals surface area contributed by atoms with Gasteiger partial charge in [0.05, 0.1) is 12.4 Å². The highest BCUT2D eigenvalue weighted by atomic mass is 32.2. The Morgan fingerprint density at radius 3 is 2.38 bits per heavy atom. The molecule has 7 nitrogen and oxygen atoms in total. The van der Waals surface area contributed by atoms with Crippen molar-refractivity contribution in [3.05, 3.63) is 60.2 Å². The van der Waals surface area contributed by atoms with Gasteiger partial charge in [0.1, 0.15) is 17.3 Å². The van der Waals surface area contributed by atoms with Gasteiger partial charge in [-0.3, -0.25) is 4.79 Å². The lowest BCUT2D eigenvalue weighted by Crippen LogP contribution is -2.22. The molecule has 0 saturated heterocycles. The van der Waals surface area contributed by atoms with E-state index in [1.165, 1.54) is 24.3 Å². The fourth-order valence-corrected chi connectivity index (χ4v) is 3.01. The number of methoxy groups -OCH3 is 1. The van der Waals surface area contributed by atoms with E-state index in [-0.39, 0.29) is 22.8 Å². The molecular weight excluding hydrogens is 397 g/mol. The van der Waals surface area contributed by atoms with Crippen LogP contribution in [0.2, 0.25) is 0 Å². The molecule has 1 aromatic heterocycles. The summed E-state index contributed by atoms with van der Waals surface area (Å²) in [4.78, 5) is 12.4. The molecule has 0 aliphatic heterocycles. The minimum absolute atomic E-state index is 0.199. The van der Waals surface area contributed by atoms with Crippen LogP contribution < -0.4 is 14.8 Å². The minimum Gasteiger partial charge on any atom is -0.497 e. The zero-order valence-corrected chi connectivity index (χ0v) is 16.9. The molecule has 1 amide bonds. The maximum Gasteiger partial charge on any atom is 0.277 e. The van der Waals surface area contributed by atoms with Crippen molar-refractivity contribution in [3.8, 4) is 11.5 Å². The first kappa shape index (κ1) is 20.7. The number of rotatable bonds is 8. The number of hydrogen-bond acceptors (Lipinski definition) is 7. The van der Waals surface area contributed by atoms with Gasteiger partial charge >= 0.3 is 0 Å². The number of aromatic nitrogens is 2. The van der Waals surface area contributed by atoms with Gasteiger partial charge in [0.15, 0.2) is 6.10 Å². The van der Waals surface area contributed by atoms with Crippen LogP contribution in [-0.2, 0) is 4.79 Å². The van der Waals surface area contributed by atoms with E-state index in [0.717, 1.165) is 11.8 Å². The molecule has 9 heteroatoms. The number of amides is 1. The van der Waals surface area contributed by atoms with Crippen molar-refractivity contribution in [1.82, 2.24) is 10.2 Å². The average Bonchev–Trinajstić information content (AvgIpc) is 3.19. The van der Waals surface area contributed by atoms with Crippen LogP contribution in [0.3, 0.4) is 0 Å².